The Bertz CT molecular complexity index is 1090. The van der Waals surface area contributed by atoms with Gasteiger partial charge < -0.3 is 5.32 Å². The number of rotatable bonds is 6. The number of nitrogens with zero attached hydrogens (tertiary/aromatic N) is 4. The van der Waals surface area contributed by atoms with Crippen LogP contribution in [0.2, 0.25) is 5.02 Å². The Morgan fingerprint density at radius 3 is 2.46 bits per heavy atom. The molecule has 0 unspecified atom stereocenters. The van der Waals surface area contributed by atoms with E-state index >= 15 is 0 Å². The SMILES string of the molecule is CCc1c(C)nc2nc(-c3ccccc3)nn2c1NCCc1ccc(Cl)cc1. The van der Waals surface area contributed by atoms with Crippen LogP contribution in [0.1, 0.15) is 23.7 Å². The van der Waals surface area contributed by atoms with Crippen LogP contribution in [0.4, 0.5) is 5.82 Å². The molecule has 142 valence electrons. The molecule has 0 amide bonds. The maximum absolute atomic E-state index is 5.98. The van der Waals surface area contributed by atoms with Crippen molar-refractivity contribution < 1.29 is 0 Å². The van der Waals surface area contributed by atoms with E-state index in [1.54, 1.807) is 0 Å². The second-order valence-corrected chi connectivity index (χ2v) is 7.13. The molecule has 4 aromatic rings. The summed E-state index contributed by atoms with van der Waals surface area (Å²) in [6.45, 7) is 4.95. The van der Waals surface area contributed by atoms with E-state index in [1.165, 1.54) is 5.56 Å². The predicted molar refractivity (Wildman–Crippen MR) is 114 cm³/mol. The third-order valence-electron chi connectivity index (χ3n) is 4.80. The van der Waals surface area contributed by atoms with Crippen molar-refractivity contribution in [3.8, 4) is 11.4 Å². The maximum Gasteiger partial charge on any atom is 0.254 e. The molecule has 0 aliphatic rings. The van der Waals surface area contributed by atoms with E-state index in [4.69, 9.17) is 16.7 Å². The van der Waals surface area contributed by atoms with Gasteiger partial charge in [-0.1, -0.05) is 61.0 Å². The summed E-state index contributed by atoms with van der Waals surface area (Å²) in [5.74, 6) is 2.26. The van der Waals surface area contributed by atoms with Crippen LogP contribution >= 0.6 is 11.6 Å². The zero-order chi connectivity index (χ0) is 19.5. The fourth-order valence-corrected chi connectivity index (χ4v) is 3.46. The van der Waals surface area contributed by atoms with Gasteiger partial charge in [-0.05, 0) is 37.5 Å². The molecule has 4 rings (SSSR count). The molecule has 2 heterocycles. The largest absolute Gasteiger partial charge is 0.369 e. The Morgan fingerprint density at radius 2 is 1.75 bits per heavy atom. The fourth-order valence-electron chi connectivity index (χ4n) is 3.33. The average Bonchev–Trinajstić information content (AvgIpc) is 3.14. The van der Waals surface area contributed by atoms with Crippen LogP contribution < -0.4 is 5.32 Å². The summed E-state index contributed by atoms with van der Waals surface area (Å²) in [7, 11) is 0. The van der Waals surface area contributed by atoms with Gasteiger partial charge in [-0.3, -0.25) is 0 Å². The average molecular weight is 392 g/mol. The Hall–Kier alpha value is -2.92. The van der Waals surface area contributed by atoms with E-state index in [0.29, 0.717) is 11.6 Å². The number of nitrogens with one attached hydrogen (secondary N) is 1. The van der Waals surface area contributed by atoms with Crippen molar-refractivity contribution in [3.05, 3.63) is 76.4 Å². The van der Waals surface area contributed by atoms with Gasteiger partial charge in [-0.2, -0.15) is 9.50 Å². The van der Waals surface area contributed by atoms with Gasteiger partial charge in [-0.15, -0.1) is 5.10 Å². The molecule has 0 fully saturated rings. The lowest BCUT2D eigenvalue weighted by atomic mass is 10.1. The molecule has 28 heavy (non-hydrogen) atoms. The van der Waals surface area contributed by atoms with Gasteiger partial charge in [0.1, 0.15) is 5.82 Å². The molecule has 0 aliphatic heterocycles. The quantitative estimate of drug-likeness (QED) is 0.504. The van der Waals surface area contributed by atoms with Crippen LogP contribution in [0, 0.1) is 6.92 Å². The second-order valence-electron chi connectivity index (χ2n) is 6.69. The smallest absolute Gasteiger partial charge is 0.254 e. The van der Waals surface area contributed by atoms with Crippen molar-refractivity contribution in [3.63, 3.8) is 0 Å². The standard InChI is InChI=1S/C22H22ClN5/c1-3-19-15(2)25-22-26-20(17-7-5-4-6-8-17)27-28(22)21(19)24-14-13-16-9-11-18(23)12-10-16/h4-12,24H,3,13-14H2,1-2H3. The van der Waals surface area contributed by atoms with Gasteiger partial charge in [0.2, 0.25) is 0 Å². The highest BCUT2D eigenvalue weighted by molar-refractivity contribution is 6.30. The Labute approximate surface area is 169 Å². The van der Waals surface area contributed by atoms with E-state index < -0.39 is 0 Å². The molecule has 0 saturated carbocycles. The molecule has 5 nitrogen and oxygen atoms in total. The van der Waals surface area contributed by atoms with Crippen LogP contribution in [-0.4, -0.2) is 26.1 Å². The first-order chi connectivity index (χ1) is 13.7. The summed E-state index contributed by atoms with van der Waals surface area (Å²) in [6, 6.07) is 17.9. The zero-order valence-electron chi connectivity index (χ0n) is 16.0. The number of benzene rings is 2. The minimum absolute atomic E-state index is 0.613. The first-order valence-corrected chi connectivity index (χ1v) is 9.83. The molecular weight excluding hydrogens is 370 g/mol. The van der Waals surface area contributed by atoms with E-state index in [2.05, 4.69) is 34.3 Å². The van der Waals surface area contributed by atoms with Crippen LogP contribution in [-0.2, 0) is 12.8 Å². The lowest BCUT2D eigenvalue weighted by Gasteiger charge is -2.14. The van der Waals surface area contributed by atoms with Crippen molar-refractivity contribution in [1.82, 2.24) is 19.6 Å². The van der Waals surface area contributed by atoms with E-state index in [9.17, 15) is 0 Å². The van der Waals surface area contributed by atoms with Crippen LogP contribution in [0.15, 0.2) is 54.6 Å². The highest BCUT2D eigenvalue weighted by Crippen LogP contribution is 2.23. The van der Waals surface area contributed by atoms with Crippen molar-refractivity contribution in [2.75, 3.05) is 11.9 Å². The third kappa shape index (κ3) is 3.71. The minimum atomic E-state index is 0.613. The first-order valence-electron chi connectivity index (χ1n) is 9.45. The highest BCUT2D eigenvalue weighted by atomic mass is 35.5. The molecule has 2 aromatic heterocycles. The zero-order valence-corrected chi connectivity index (χ0v) is 16.7. The summed E-state index contributed by atoms with van der Waals surface area (Å²) in [5.41, 5.74) is 4.36. The van der Waals surface area contributed by atoms with Crippen molar-refractivity contribution in [2.45, 2.75) is 26.7 Å². The topological polar surface area (TPSA) is 55.1 Å². The summed E-state index contributed by atoms with van der Waals surface area (Å²) in [4.78, 5) is 9.31. The number of fused-ring (bicyclic) bond motifs is 1. The molecule has 0 atom stereocenters. The number of aryl methyl sites for hydroxylation is 1. The maximum atomic E-state index is 5.98. The van der Waals surface area contributed by atoms with Gasteiger partial charge in [0.15, 0.2) is 5.82 Å². The fraction of sp³-hybridized carbons (Fsp3) is 0.227. The molecule has 0 radical (unpaired) electrons. The number of aromatic nitrogens is 4. The molecule has 2 aromatic carbocycles. The summed E-state index contributed by atoms with van der Waals surface area (Å²) < 4.78 is 1.83. The van der Waals surface area contributed by atoms with Crippen molar-refractivity contribution in [1.29, 1.82) is 0 Å². The summed E-state index contributed by atoms with van der Waals surface area (Å²) >= 11 is 5.98. The Kier molecular flexibility index (Phi) is 5.26. The highest BCUT2D eigenvalue weighted by Gasteiger charge is 2.16. The normalized spacial score (nSPS) is 11.1. The molecule has 1 N–H and O–H groups in total. The van der Waals surface area contributed by atoms with Gasteiger partial charge in [0, 0.05) is 28.4 Å². The molecule has 0 bridgehead atoms. The molecular formula is C22H22ClN5. The van der Waals surface area contributed by atoms with Gasteiger partial charge in [0.25, 0.3) is 5.78 Å². The van der Waals surface area contributed by atoms with E-state index in [-0.39, 0.29) is 0 Å². The van der Waals surface area contributed by atoms with E-state index in [1.807, 2.05) is 53.9 Å². The number of halogens is 1. The van der Waals surface area contributed by atoms with Crippen LogP contribution in [0.3, 0.4) is 0 Å². The lowest BCUT2D eigenvalue weighted by Crippen LogP contribution is -2.13. The monoisotopic (exact) mass is 391 g/mol. The Morgan fingerprint density at radius 1 is 1.00 bits per heavy atom. The van der Waals surface area contributed by atoms with Gasteiger partial charge in [-0.25, -0.2) is 4.98 Å². The lowest BCUT2D eigenvalue weighted by molar-refractivity contribution is 0.879. The molecule has 0 saturated heterocycles. The van der Waals surface area contributed by atoms with Crippen LogP contribution in [0.25, 0.3) is 17.2 Å². The van der Waals surface area contributed by atoms with Crippen molar-refractivity contribution >= 4 is 23.2 Å². The minimum Gasteiger partial charge on any atom is -0.369 e. The van der Waals surface area contributed by atoms with Gasteiger partial charge >= 0.3 is 0 Å². The number of hydrogen-bond donors (Lipinski definition) is 1. The first kappa shape index (κ1) is 18.4. The Balaban J connectivity index is 1.66. The molecule has 0 spiro atoms. The third-order valence-corrected chi connectivity index (χ3v) is 5.05. The second kappa shape index (κ2) is 7.98. The van der Waals surface area contributed by atoms with Crippen molar-refractivity contribution in [2.24, 2.45) is 0 Å². The van der Waals surface area contributed by atoms with E-state index in [0.717, 1.165) is 47.0 Å². The number of anilines is 1. The van der Waals surface area contributed by atoms with Gasteiger partial charge in [0.05, 0.1) is 0 Å². The summed E-state index contributed by atoms with van der Waals surface area (Å²) in [5, 5.41) is 9.05. The molecule has 6 heteroatoms. The van der Waals surface area contributed by atoms with Crippen LogP contribution in [0.5, 0.6) is 0 Å². The number of hydrogen-bond acceptors (Lipinski definition) is 4. The molecule has 0 aliphatic carbocycles. The summed E-state index contributed by atoms with van der Waals surface area (Å²) in [6.07, 6.45) is 1.77. The predicted octanol–water partition coefficient (Wildman–Crippen LogP) is 4.97.